The average Bonchev–Trinajstić information content (AvgIpc) is 3.28. The molecule has 0 saturated heterocycles. The number of nitrogens with zero attached hydrogens (tertiary/aromatic N) is 1. The minimum Gasteiger partial charge on any atom is -0.478 e. The molecule has 0 bridgehead atoms. The molecule has 9 atom stereocenters. The lowest BCUT2D eigenvalue weighted by molar-refractivity contribution is -0.226. The zero-order chi connectivity index (χ0) is 30.5. The molecule has 1 aromatic rings. The first-order valence-electron chi connectivity index (χ1n) is 17.0. The predicted molar refractivity (Wildman–Crippen MR) is 174 cm³/mol. The summed E-state index contributed by atoms with van der Waals surface area (Å²) in [6, 6.07) is 7.65. The first-order chi connectivity index (χ1) is 19.6. The summed E-state index contributed by atoms with van der Waals surface area (Å²) in [5, 5.41) is 9.44. The summed E-state index contributed by atoms with van der Waals surface area (Å²) in [4.78, 5) is 14.0. The second kappa shape index (κ2) is 9.82. The van der Waals surface area contributed by atoms with Gasteiger partial charge < -0.3 is 10.0 Å². The van der Waals surface area contributed by atoms with Crippen LogP contribution in [0, 0.1) is 56.7 Å². The van der Waals surface area contributed by atoms with Crippen molar-refractivity contribution in [3.63, 3.8) is 0 Å². The molecule has 3 nitrogen and oxygen atoms in total. The molecule has 0 aliphatic heterocycles. The highest BCUT2D eigenvalue weighted by molar-refractivity contribution is 5.88. The summed E-state index contributed by atoms with van der Waals surface area (Å²) in [6.45, 7) is 21.3. The molecule has 0 radical (unpaired) electrons. The van der Waals surface area contributed by atoms with Crippen LogP contribution in [0.2, 0.25) is 0 Å². The van der Waals surface area contributed by atoms with Crippen LogP contribution in [0.3, 0.4) is 0 Å². The SMILES string of the molecule is C=C(C)C1CCC2(CN(C)C)CCC3(C)C(CCC4C5(C)CC=C(c6ccc(C(=O)O)cc6)C(C)(C)C5CCC43C)C12. The molecule has 5 aliphatic carbocycles. The van der Waals surface area contributed by atoms with Crippen molar-refractivity contribution in [3.8, 4) is 0 Å². The van der Waals surface area contributed by atoms with Crippen molar-refractivity contribution < 1.29 is 9.90 Å². The lowest BCUT2D eigenvalue weighted by Crippen LogP contribution is -2.65. The van der Waals surface area contributed by atoms with Crippen molar-refractivity contribution >= 4 is 11.5 Å². The van der Waals surface area contributed by atoms with Gasteiger partial charge in [0.1, 0.15) is 0 Å². The molecule has 1 N–H and O–H groups in total. The number of aromatic carboxylic acids is 1. The number of carboxylic acid groups (broad SMARTS) is 1. The summed E-state index contributed by atoms with van der Waals surface area (Å²) >= 11 is 0. The Morgan fingerprint density at radius 2 is 1.60 bits per heavy atom. The molecular formula is C39H57NO2. The number of allylic oxidation sites excluding steroid dienone is 3. The fraction of sp³-hybridized carbons (Fsp3) is 0.718. The molecule has 6 rings (SSSR count). The van der Waals surface area contributed by atoms with E-state index in [1.165, 1.54) is 74.6 Å². The van der Waals surface area contributed by atoms with Crippen molar-refractivity contribution in [2.45, 2.75) is 99.3 Å². The van der Waals surface area contributed by atoms with Gasteiger partial charge in [0.15, 0.2) is 0 Å². The van der Waals surface area contributed by atoms with Crippen LogP contribution in [0.5, 0.6) is 0 Å². The maximum absolute atomic E-state index is 11.5. The first-order valence-corrected chi connectivity index (χ1v) is 17.0. The van der Waals surface area contributed by atoms with E-state index in [2.05, 4.69) is 73.2 Å². The van der Waals surface area contributed by atoms with E-state index in [4.69, 9.17) is 0 Å². The Kier molecular flexibility index (Phi) is 7.05. The van der Waals surface area contributed by atoms with E-state index < -0.39 is 5.97 Å². The number of rotatable bonds is 5. The molecule has 5 aliphatic rings. The second-order valence-corrected chi connectivity index (χ2v) is 17.2. The highest BCUT2D eigenvalue weighted by atomic mass is 16.4. The van der Waals surface area contributed by atoms with E-state index >= 15 is 0 Å². The summed E-state index contributed by atoms with van der Waals surface area (Å²) in [5.74, 6) is 2.79. The Balaban J connectivity index is 1.36. The normalized spacial score (nSPS) is 43.9. The lowest BCUT2D eigenvalue weighted by Gasteiger charge is -2.72. The number of hydrogen-bond donors (Lipinski definition) is 1. The van der Waals surface area contributed by atoms with E-state index in [0.717, 1.165) is 24.2 Å². The Bertz CT molecular complexity index is 1290. The van der Waals surface area contributed by atoms with E-state index in [0.29, 0.717) is 33.6 Å². The van der Waals surface area contributed by atoms with E-state index in [1.54, 1.807) is 12.1 Å². The average molecular weight is 572 g/mol. The van der Waals surface area contributed by atoms with Gasteiger partial charge in [-0.05, 0) is 159 Å². The minimum atomic E-state index is -0.851. The summed E-state index contributed by atoms with van der Waals surface area (Å²) < 4.78 is 0. The Labute approximate surface area is 256 Å². The summed E-state index contributed by atoms with van der Waals surface area (Å²) in [6.07, 6.45) is 14.6. The quantitative estimate of drug-likeness (QED) is 0.358. The van der Waals surface area contributed by atoms with Crippen LogP contribution in [0.15, 0.2) is 42.5 Å². The van der Waals surface area contributed by atoms with Gasteiger partial charge >= 0.3 is 5.97 Å². The van der Waals surface area contributed by atoms with Gasteiger partial charge in [-0.2, -0.15) is 0 Å². The number of carboxylic acids is 1. The molecule has 1 aromatic carbocycles. The van der Waals surface area contributed by atoms with Crippen molar-refractivity contribution in [1.82, 2.24) is 4.90 Å². The lowest BCUT2D eigenvalue weighted by atomic mass is 9.32. The van der Waals surface area contributed by atoms with Crippen LogP contribution in [0.25, 0.3) is 5.57 Å². The zero-order valence-corrected chi connectivity index (χ0v) is 27.9. The third kappa shape index (κ3) is 4.04. The van der Waals surface area contributed by atoms with Crippen LogP contribution in [0.4, 0.5) is 0 Å². The van der Waals surface area contributed by atoms with Gasteiger partial charge in [0, 0.05) is 6.54 Å². The van der Waals surface area contributed by atoms with Crippen LogP contribution < -0.4 is 0 Å². The van der Waals surface area contributed by atoms with Crippen molar-refractivity contribution in [1.29, 1.82) is 0 Å². The minimum absolute atomic E-state index is 0.0563. The third-order valence-corrected chi connectivity index (χ3v) is 14.9. The van der Waals surface area contributed by atoms with Gasteiger partial charge in [-0.25, -0.2) is 4.79 Å². The van der Waals surface area contributed by atoms with Crippen LogP contribution in [-0.4, -0.2) is 36.6 Å². The number of fused-ring (bicyclic) bond motifs is 7. The molecule has 0 aromatic heterocycles. The van der Waals surface area contributed by atoms with Gasteiger partial charge in [0.25, 0.3) is 0 Å². The maximum atomic E-state index is 11.5. The van der Waals surface area contributed by atoms with Gasteiger partial charge in [0.2, 0.25) is 0 Å². The number of hydrogen-bond acceptors (Lipinski definition) is 2. The topological polar surface area (TPSA) is 40.5 Å². The third-order valence-electron chi connectivity index (χ3n) is 14.9. The molecule has 4 fully saturated rings. The Morgan fingerprint density at radius 1 is 0.905 bits per heavy atom. The molecule has 42 heavy (non-hydrogen) atoms. The van der Waals surface area contributed by atoms with E-state index in [1.807, 2.05) is 12.1 Å². The fourth-order valence-electron chi connectivity index (χ4n) is 13.1. The smallest absolute Gasteiger partial charge is 0.335 e. The molecule has 230 valence electrons. The van der Waals surface area contributed by atoms with Crippen molar-refractivity contribution in [2.24, 2.45) is 56.7 Å². The monoisotopic (exact) mass is 571 g/mol. The molecule has 0 spiro atoms. The molecular weight excluding hydrogens is 514 g/mol. The highest BCUT2D eigenvalue weighted by Crippen LogP contribution is 2.77. The van der Waals surface area contributed by atoms with Gasteiger partial charge in [-0.15, -0.1) is 0 Å². The van der Waals surface area contributed by atoms with Gasteiger partial charge in [0.05, 0.1) is 5.56 Å². The fourth-order valence-corrected chi connectivity index (χ4v) is 13.1. The number of benzene rings is 1. The maximum Gasteiger partial charge on any atom is 0.335 e. The summed E-state index contributed by atoms with van der Waals surface area (Å²) in [5.41, 5.74) is 5.98. The summed E-state index contributed by atoms with van der Waals surface area (Å²) in [7, 11) is 4.59. The molecule has 0 amide bonds. The zero-order valence-electron chi connectivity index (χ0n) is 27.9. The molecule has 0 heterocycles. The second-order valence-electron chi connectivity index (χ2n) is 17.2. The van der Waals surface area contributed by atoms with E-state index in [-0.39, 0.29) is 10.8 Å². The molecule has 3 heteroatoms. The van der Waals surface area contributed by atoms with E-state index in [9.17, 15) is 9.90 Å². The highest BCUT2D eigenvalue weighted by Gasteiger charge is 2.70. The largest absolute Gasteiger partial charge is 0.478 e. The molecule has 9 unspecified atom stereocenters. The van der Waals surface area contributed by atoms with Crippen LogP contribution >= 0.6 is 0 Å². The Hall–Kier alpha value is -1.87. The van der Waals surface area contributed by atoms with Gasteiger partial charge in [-0.3, -0.25) is 0 Å². The van der Waals surface area contributed by atoms with Crippen molar-refractivity contribution in [2.75, 3.05) is 20.6 Å². The van der Waals surface area contributed by atoms with Crippen LogP contribution in [0.1, 0.15) is 115 Å². The first kappa shape index (κ1) is 30.2. The number of carbonyl (C=O) groups is 1. The van der Waals surface area contributed by atoms with Crippen LogP contribution in [-0.2, 0) is 0 Å². The van der Waals surface area contributed by atoms with Gasteiger partial charge in [-0.1, -0.05) is 65.0 Å². The predicted octanol–water partition coefficient (Wildman–Crippen LogP) is 9.60. The Morgan fingerprint density at radius 3 is 2.21 bits per heavy atom. The molecule has 4 saturated carbocycles. The van der Waals surface area contributed by atoms with Crippen molar-refractivity contribution in [3.05, 3.63) is 53.6 Å². The standard InChI is InChI=1S/C39H57NO2/c1-25(2)28-16-21-39(24-40(8)9)23-22-37(6)30(33(28)39)14-15-32-36(5)19-17-29(26-10-12-27(13-11-26)34(41)42)35(3,4)31(36)18-20-38(32,37)7/h10-13,17,28,30-33H,1,14-16,18-24H2,2-9H3,(H,41,42).